The summed E-state index contributed by atoms with van der Waals surface area (Å²) in [5.41, 5.74) is -0.131. The van der Waals surface area contributed by atoms with Gasteiger partial charge in [0.05, 0.1) is 6.61 Å². The van der Waals surface area contributed by atoms with Gasteiger partial charge in [-0.1, -0.05) is 12.1 Å². The number of carbonyl (C=O) groups excluding carboxylic acids is 1. The number of para-hydroxylation sites is 1. The molecule has 4 nitrogen and oxygen atoms in total. The van der Waals surface area contributed by atoms with Crippen LogP contribution in [0.3, 0.4) is 0 Å². The fraction of sp³-hybridized carbons (Fsp3) is 0.462. The first-order valence-corrected chi connectivity index (χ1v) is 5.90. The predicted octanol–water partition coefficient (Wildman–Crippen LogP) is 1.09. The molecule has 1 aliphatic rings. The lowest BCUT2D eigenvalue weighted by molar-refractivity contribution is -0.123. The summed E-state index contributed by atoms with van der Waals surface area (Å²) in [5.74, 6) is -0.728. The van der Waals surface area contributed by atoms with Gasteiger partial charge < -0.3 is 15.2 Å². The van der Waals surface area contributed by atoms with Crippen molar-refractivity contribution in [2.24, 2.45) is 5.41 Å². The van der Waals surface area contributed by atoms with Crippen molar-refractivity contribution in [1.29, 1.82) is 0 Å². The van der Waals surface area contributed by atoms with E-state index in [1.54, 1.807) is 12.1 Å². The molecule has 0 radical (unpaired) electrons. The molecule has 0 spiro atoms. The standard InChI is InChI=1S/C13H16FNO3/c14-10-3-1-2-4-11(10)18-7-12(17)15-8-13(9-16)5-6-13/h1-4,16H,5-9H2,(H,15,17). The molecule has 0 atom stereocenters. The van der Waals surface area contributed by atoms with Crippen molar-refractivity contribution in [3.8, 4) is 5.75 Å². The smallest absolute Gasteiger partial charge is 0.257 e. The number of benzene rings is 1. The van der Waals surface area contributed by atoms with E-state index in [9.17, 15) is 9.18 Å². The highest BCUT2D eigenvalue weighted by atomic mass is 19.1. The predicted molar refractivity (Wildman–Crippen MR) is 63.7 cm³/mol. The van der Waals surface area contributed by atoms with Crippen molar-refractivity contribution in [1.82, 2.24) is 5.32 Å². The SMILES string of the molecule is O=C(COc1ccccc1F)NCC1(CO)CC1. The summed E-state index contributed by atoms with van der Waals surface area (Å²) >= 11 is 0. The molecule has 0 unspecified atom stereocenters. The summed E-state index contributed by atoms with van der Waals surface area (Å²) in [4.78, 5) is 11.5. The monoisotopic (exact) mass is 253 g/mol. The van der Waals surface area contributed by atoms with Gasteiger partial charge in [-0.2, -0.15) is 0 Å². The molecule has 5 heteroatoms. The van der Waals surface area contributed by atoms with Gasteiger partial charge in [0.25, 0.3) is 5.91 Å². The van der Waals surface area contributed by atoms with Crippen LogP contribution in [0.5, 0.6) is 5.75 Å². The summed E-state index contributed by atoms with van der Waals surface area (Å²) in [5, 5.41) is 11.8. The van der Waals surface area contributed by atoms with Gasteiger partial charge in [-0.25, -0.2) is 4.39 Å². The normalized spacial score (nSPS) is 16.1. The molecule has 1 saturated carbocycles. The molecule has 1 amide bonds. The third-order valence-electron chi connectivity index (χ3n) is 3.15. The van der Waals surface area contributed by atoms with Crippen molar-refractivity contribution in [3.63, 3.8) is 0 Å². The number of halogens is 1. The fourth-order valence-corrected chi connectivity index (χ4v) is 1.61. The summed E-state index contributed by atoms with van der Waals surface area (Å²) in [6.07, 6.45) is 1.86. The number of carbonyl (C=O) groups is 1. The summed E-state index contributed by atoms with van der Waals surface area (Å²) in [6, 6.07) is 5.94. The van der Waals surface area contributed by atoms with E-state index < -0.39 is 5.82 Å². The molecule has 0 saturated heterocycles. The first-order valence-electron chi connectivity index (χ1n) is 5.90. The zero-order valence-corrected chi connectivity index (χ0v) is 9.99. The van der Waals surface area contributed by atoms with E-state index in [0.29, 0.717) is 6.54 Å². The van der Waals surface area contributed by atoms with Crippen molar-refractivity contribution in [3.05, 3.63) is 30.1 Å². The molecule has 1 aromatic carbocycles. The van der Waals surface area contributed by atoms with Crippen LogP contribution < -0.4 is 10.1 Å². The lowest BCUT2D eigenvalue weighted by Crippen LogP contribution is -2.35. The number of hydrogen-bond donors (Lipinski definition) is 2. The van der Waals surface area contributed by atoms with Gasteiger partial charge in [0.2, 0.25) is 0 Å². The lowest BCUT2D eigenvalue weighted by atomic mass is 10.1. The minimum absolute atomic E-state index is 0.0657. The van der Waals surface area contributed by atoms with E-state index >= 15 is 0 Å². The summed E-state index contributed by atoms with van der Waals surface area (Å²) in [7, 11) is 0. The van der Waals surface area contributed by atoms with Crippen molar-refractivity contribution < 1.29 is 19.0 Å². The van der Waals surface area contributed by atoms with E-state index in [1.165, 1.54) is 12.1 Å². The lowest BCUT2D eigenvalue weighted by Gasteiger charge is -2.13. The molecule has 0 bridgehead atoms. The quantitative estimate of drug-likeness (QED) is 0.798. The average molecular weight is 253 g/mol. The number of ether oxygens (including phenoxy) is 1. The number of nitrogens with one attached hydrogen (secondary N) is 1. The van der Waals surface area contributed by atoms with Gasteiger partial charge in [0.15, 0.2) is 18.2 Å². The second-order valence-electron chi connectivity index (χ2n) is 4.65. The molecule has 98 valence electrons. The minimum Gasteiger partial charge on any atom is -0.481 e. The van der Waals surface area contributed by atoms with Crippen LogP contribution in [0.2, 0.25) is 0 Å². The molecule has 0 heterocycles. The third-order valence-corrected chi connectivity index (χ3v) is 3.15. The second kappa shape index (κ2) is 5.35. The van der Waals surface area contributed by atoms with E-state index in [-0.39, 0.29) is 30.3 Å². The maximum atomic E-state index is 13.2. The Bertz CT molecular complexity index is 432. The molecule has 1 aliphatic carbocycles. The van der Waals surface area contributed by atoms with Gasteiger partial charge in [0.1, 0.15) is 0 Å². The maximum Gasteiger partial charge on any atom is 0.257 e. The Kier molecular flexibility index (Phi) is 3.81. The Balaban J connectivity index is 1.74. The van der Waals surface area contributed by atoms with Gasteiger partial charge >= 0.3 is 0 Å². The second-order valence-corrected chi connectivity index (χ2v) is 4.65. The minimum atomic E-state index is -0.487. The van der Waals surface area contributed by atoms with Gasteiger partial charge in [-0.15, -0.1) is 0 Å². The Morgan fingerprint density at radius 2 is 2.17 bits per heavy atom. The molecule has 2 N–H and O–H groups in total. The topological polar surface area (TPSA) is 58.6 Å². The van der Waals surface area contributed by atoms with E-state index in [1.807, 2.05) is 0 Å². The number of hydrogen-bond acceptors (Lipinski definition) is 3. The Labute approximate surface area is 105 Å². The Hall–Kier alpha value is -1.62. The van der Waals surface area contributed by atoms with Crippen molar-refractivity contribution in [2.45, 2.75) is 12.8 Å². The molecule has 2 rings (SSSR count). The number of rotatable bonds is 6. The van der Waals surface area contributed by atoms with Crippen LogP contribution in [-0.4, -0.2) is 30.8 Å². The van der Waals surface area contributed by atoms with Crippen molar-refractivity contribution >= 4 is 5.91 Å². The Morgan fingerprint density at radius 3 is 2.78 bits per heavy atom. The van der Waals surface area contributed by atoms with Crippen LogP contribution in [-0.2, 0) is 4.79 Å². The maximum absolute atomic E-state index is 13.2. The van der Waals surface area contributed by atoms with Crippen LogP contribution in [0.15, 0.2) is 24.3 Å². The van der Waals surface area contributed by atoms with Gasteiger partial charge in [-0.05, 0) is 25.0 Å². The average Bonchev–Trinajstić information content (AvgIpc) is 3.16. The van der Waals surface area contributed by atoms with Gasteiger partial charge in [0, 0.05) is 12.0 Å². The van der Waals surface area contributed by atoms with E-state index in [4.69, 9.17) is 9.84 Å². The van der Waals surface area contributed by atoms with Crippen LogP contribution in [0.4, 0.5) is 4.39 Å². The summed E-state index contributed by atoms with van der Waals surface area (Å²) < 4.78 is 18.3. The molecular weight excluding hydrogens is 237 g/mol. The van der Waals surface area contributed by atoms with Crippen LogP contribution in [0.1, 0.15) is 12.8 Å². The molecule has 0 aliphatic heterocycles. The number of aliphatic hydroxyl groups excluding tert-OH is 1. The summed E-state index contributed by atoms with van der Waals surface area (Å²) in [6.45, 7) is 0.312. The molecule has 18 heavy (non-hydrogen) atoms. The zero-order chi connectivity index (χ0) is 13.0. The number of amides is 1. The van der Waals surface area contributed by atoms with Crippen LogP contribution >= 0.6 is 0 Å². The largest absolute Gasteiger partial charge is 0.481 e. The van der Waals surface area contributed by atoms with E-state index in [2.05, 4.69) is 5.32 Å². The number of aliphatic hydroxyl groups is 1. The highest BCUT2D eigenvalue weighted by Crippen LogP contribution is 2.44. The van der Waals surface area contributed by atoms with Crippen LogP contribution in [0.25, 0.3) is 0 Å². The molecular formula is C13H16FNO3. The third kappa shape index (κ3) is 3.20. The highest BCUT2D eigenvalue weighted by molar-refractivity contribution is 5.77. The zero-order valence-electron chi connectivity index (χ0n) is 9.99. The van der Waals surface area contributed by atoms with Gasteiger partial charge in [-0.3, -0.25) is 4.79 Å². The highest BCUT2D eigenvalue weighted by Gasteiger charge is 2.42. The molecule has 1 aromatic rings. The molecule has 1 fully saturated rings. The van der Waals surface area contributed by atoms with Crippen molar-refractivity contribution in [2.75, 3.05) is 19.8 Å². The first kappa shape index (κ1) is 12.8. The van der Waals surface area contributed by atoms with Crippen LogP contribution in [0, 0.1) is 11.2 Å². The van der Waals surface area contributed by atoms with E-state index in [0.717, 1.165) is 12.8 Å². The fourth-order valence-electron chi connectivity index (χ4n) is 1.61. The first-order chi connectivity index (χ1) is 8.65. The Morgan fingerprint density at radius 1 is 1.44 bits per heavy atom. The molecule has 0 aromatic heterocycles.